The molecule has 0 bridgehead atoms. The Morgan fingerprint density at radius 1 is 0.947 bits per heavy atom. The van der Waals surface area contributed by atoms with Gasteiger partial charge in [-0.15, -0.1) is 0 Å². The molecule has 0 spiro atoms. The highest BCUT2D eigenvalue weighted by Crippen LogP contribution is 2.26. The number of nitrogens with zero attached hydrogens (tertiary/aromatic N) is 1. The molecule has 2 aliphatic carbocycles. The van der Waals surface area contributed by atoms with Gasteiger partial charge >= 0.3 is 0 Å². The molecular weight excluding hydrogens is 238 g/mol. The molecule has 0 unspecified atom stereocenters. The molecule has 0 amide bonds. The first-order chi connectivity index (χ1) is 9.36. The second-order valence-electron chi connectivity index (χ2n) is 5.63. The summed E-state index contributed by atoms with van der Waals surface area (Å²) in [5.74, 6) is 0. The van der Waals surface area contributed by atoms with Crippen molar-refractivity contribution in [1.29, 1.82) is 0 Å². The van der Waals surface area contributed by atoms with Gasteiger partial charge in [0, 0.05) is 0 Å². The molecule has 0 aliphatic heterocycles. The van der Waals surface area contributed by atoms with Crippen molar-refractivity contribution in [3.63, 3.8) is 0 Å². The molecule has 3 heteroatoms. The predicted molar refractivity (Wildman–Crippen MR) is 78.1 cm³/mol. The van der Waals surface area contributed by atoms with Crippen molar-refractivity contribution in [2.24, 2.45) is 4.99 Å². The van der Waals surface area contributed by atoms with E-state index in [-0.39, 0.29) is 0 Å². The zero-order valence-electron chi connectivity index (χ0n) is 12.4. The molecule has 2 fully saturated rings. The Hall–Kier alpha value is -0.660. The minimum Gasteiger partial charge on any atom is -0.375 e. The molecule has 2 aliphatic rings. The van der Waals surface area contributed by atoms with Crippen LogP contribution in [0, 0.1) is 0 Å². The summed E-state index contributed by atoms with van der Waals surface area (Å²) < 4.78 is 6.13. The Morgan fingerprint density at radius 2 is 1.42 bits per heavy atom. The van der Waals surface area contributed by atoms with E-state index in [2.05, 4.69) is 4.99 Å². The van der Waals surface area contributed by atoms with E-state index in [1.807, 2.05) is 6.92 Å². The van der Waals surface area contributed by atoms with E-state index >= 15 is 0 Å². The predicted octanol–water partition coefficient (Wildman–Crippen LogP) is 4.40. The van der Waals surface area contributed by atoms with Crippen LogP contribution in [0.5, 0.6) is 0 Å². The van der Waals surface area contributed by atoms with E-state index in [0.717, 1.165) is 6.42 Å². The molecule has 0 radical (unpaired) electrons. The smallest absolute Gasteiger partial charge is 0.234 e. The summed E-state index contributed by atoms with van der Waals surface area (Å²) in [4.78, 5) is 12.6. The summed E-state index contributed by atoms with van der Waals surface area (Å²) in [5.41, 5.74) is 0. The van der Waals surface area contributed by atoms with Crippen molar-refractivity contribution < 1.29 is 9.53 Å². The molecule has 0 aromatic heterocycles. The Bertz CT molecular complexity index is 233. The van der Waals surface area contributed by atoms with Gasteiger partial charge in [-0.25, -0.2) is 9.79 Å². The molecule has 110 valence electrons. The lowest BCUT2D eigenvalue weighted by atomic mass is 9.95. The third kappa shape index (κ3) is 8.18. The van der Waals surface area contributed by atoms with Gasteiger partial charge in [0.15, 0.2) is 0 Å². The van der Waals surface area contributed by atoms with Gasteiger partial charge in [-0.05, 0) is 32.1 Å². The van der Waals surface area contributed by atoms with E-state index in [1.54, 1.807) is 0 Å². The summed E-state index contributed by atoms with van der Waals surface area (Å²) in [6, 6.07) is 0. The largest absolute Gasteiger partial charge is 0.375 e. The van der Waals surface area contributed by atoms with Crippen LogP contribution in [-0.2, 0) is 9.53 Å². The topological polar surface area (TPSA) is 38.7 Å². The van der Waals surface area contributed by atoms with Crippen molar-refractivity contribution in [1.82, 2.24) is 0 Å². The Kier molecular flexibility index (Phi) is 9.66. The molecule has 3 nitrogen and oxygen atoms in total. The number of carbonyl (C=O) groups excluding carboxylic acids is 1. The first-order valence-electron chi connectivity index (χ1n) is 8.06. The monoisotopic (exact) mass is 267 g/mol. The van der Waals surface area contributed by atoms with Crippen LogP contribution in [0.1, 0.15) is 77.6 Å². The first kappa shape index (κ1) is 16.4. The number of ether oxygens (including phenoxy) is 1. The van der Waals surface area contributed by atoms with Crippen LogP contribution >= 0.6 is 0 Å². The van der Waals surface area contributed by atoms with Gasteiger partial charge in [-0.1, -0.05) is 45.4 Å². The fourth-order valence-corrected chi connectivity index (χ4v) is 2.83. The lowest BCUT2D eigenvalue weighted by Crippen LogP contribution is -2.25. The van der Waals surface area contributed by atoms with Crippen LogP contribution in [0.3, 0.4) is 0 Å². The number of rotatable bonds is 4. The van der Waals surface area contributed by atoms with E-state index in [9.17, 15) is 4.79 Å². The molecule has 19 heavy (non-hydrogen) atoms. The maximum atomic E-state index is 9.27. The van der Waals surface area contributed by atoms with Gasteiger partial charge < -0.3 is 4.74 Å². The van der Waals surface area contributed by atoms with Gasteiger partial charge in [-0.2, -0.15) is 0 Å². The molecular formula is C16H29NO2. The fourth-order valence-electron chi connectivity index (χ4n) is 2.83. The van der Waals surface area contributed by atoms with Crippen LogP contribution < -0.4 is 0 Å². The van der Waals surface area contributed by atoms with Gasteiger partial charge in [0.2, 0.25) is 6.08 Å². The summed E-state index contributed by atoms with van der Waals surface area (Å²) >= 11 is 0. The lowest BCUT2D eigenvalue weighted by Gasteiger charge is -2.29. The highest BCUT2D eigenvalue weighted by molar-refractivity contribution is 5.32. The summed E-state index contributed by atoms with van der Waals surface area (Å²) in [7, 11) is 0. The Balaban J connectivity index is 0.000000258. The van der Waals surface area contributed by atoms with E-state index in [0.29, 0.717) is 18.8 Å². The molecule has 0 N–H and O–H groups in total. The SMILES string of the molecule is C1CCC(OC2CCCCC2)CC1.CCCN=C=O. The zero-order valence-corrected chi connectivity index (χ0v) is 12.4. The lowest BCUT2D eigenvalue weighted by molar-refractivity contribution is -0.0450. The average molecular weight is 267 g/mol. The highest BCUT2D eigenvalue weighted by atomic mass is 16.5. The third-order valence-corrected chi connectivity index (χ3v) is 3.89. The molecule has 2 saturated carbocycles. The first-order valence-corrected chi connectivity index (χ1v) is 8.06. The molecule has 0 aromatic rings. The van der Waals surface area contributed by atoms with Gasteiger partial charge in [0.25, 0.3) is 0 Å². The van der Waals surface area contributed by atoms with Crippen LogP contribution in [0.4, 0.5) is 0 Å². The average Bonchev–Trinajstić information content (AvgIpc) is 2.48. The zero-order chi connectivity index (χ0) is 13.8. The number of hydrogen-bond donors (Lipinski definition) is 0. The molecule has 0 heterocycles. The van der Waals surface area contributed by atoms with E-state index in [1.165, 1.54) is 70.3 Å². The third-order valence-electron chi connectivity index (χ3n) is 3.89. The van der Waals surface area contributed by atoms with Crippen LogP contribution in [0.25, 0.3) is 0 Å². The summed E-state index contributed by atoms with van der Waals surface area (Å²) in [6.07, 6.45) is 17.4. The second kappa shape index (κ2) is 11.2. The second-order valence-corrected chi connectivity index (χ2v) is 5.63. The Morgan fingerprint density at radius 3 is 1.74 bits per heavy atom. The van der Waals surface area contributed by atoms with Crippen molar-refractivity contribution in [3.8, 4) is 0 Å². The highest BCUT2D eigenvalue weighted by Gasteiger charge is 2.20. The quantitative estimate of drug-likeness (QED) is 0.559. The maximum absolute atomic E-state index is 9.27. The minimum absolute atomic E-state index is 0.615. The van der Waals surface area contributed by atoms with Crippen molar-refractivity contribution in [3.05, 3.63) is 0 Å². The number of hydrogen-bond acceptors (Lipinski definition) is 3. The van der Waals surface area contributed by atoms with Gasteiger partial charge in [0.05, 0.1) is 18.8 Å². The summed E-state index contributed by atoms with van der Waals surface area (Å²) in [6.45, 7) is 2.57. The summed E-state index contributed by atoms with van der Waals surface area (Å²) in [5, 5.41) is 0. The maximum Gasteiger partial charge on any atom is 0.234 e. The van der Waals surface area contributed by atoms with Gasteiger partial charge in [-0.3, -0.25) is 0 Å². The number of isocyanates is 1. The van der Waals surface area contributed by atoms with Crippen LogP contribution in [0.2, 0.25) is 0 Å². The fraction of sp³-hybridized carbons (Fsp3) is 0.938. The molecule has 2 rings (SSSR count). The molecule has 0 atom stereocenters. The van der Waals surface area contributed by atoms with Crippen LogP contribution in [-0.4, -0.2) is 24.8 Å². The van der Waals surface area contributed by atoms with Crippen molar-refractivity contribution in [2.45, 2.75) is 89.8 Å². The van der Waals surface area contributed by atoms with Crippen molar-refractivity contribution >= 4 is 6.08 Å². The van der Waals surface area contributed by atoms with Gasteiger partial charge in [0.1, 0.15) is 0 Å². The normalized spacial score (nSPS) is 21.1. The van der Waals surface area contributed by atoms with E-state index < -0.39 is 0 Å². The van der Waals surface area contributed by atoms with E-state index in [4.69, 9.17) is 4.74 Å². The van der Waals surface area contributed by atoms with Crippen LogP contribution in [0.15, 0.2) is 4.99 Å². The molecule has 0 aromatic carbocycles. The number of aliphatic imine (C=N–C) groups is 1. The van der Waals surface area contributed by atoms with Crippen molar-refractivity contribution in [2.75, 3.05) is 6.54 Å². The standard InChI is InChI=1S/C12H22O.C4H7NO/c1-3-7-11(8-4-1)13-12-9-5-2-6-10-12;1-2-3-5-4-6/h11-12H,1-10H2;2-3H2,1H3. The molecule has 0 saturated heterocycles. The minimum atomic E-state index is 0.615. The Labute approximate surface area is 117 Å².